The maximum Gasteiger partial charge on any atom is 0.229 e. The predicted octanol–water partition coefficient (Wildman–Crippen LogP) is 1.65. The molecule has 3 fully saturated rings. The lowest BCUT2D eigenvalue weighted by Gasteiger charge is -2.41. The van der Waals surface area contributed by atoms with Crippen LogP contribution in [0.3, 0.4) is 0 Å². The summed E-state index contributed by atoms with van der Waals surface area (Å²) in [7, 11) is 0. The van der Waals surface area contributed by atoms with E-state index in [-0.39, 0.29) is 17.7 Å². The molecule has 2 heterocycles. The molecular formula is C22H28N4O2. The van der Waals surface area contributed by atoms with Gasteiger partial charge >= 0.3 is 0 Å². The summed E-state index contributed by atoms with van der Waals surface area (Å²) in [4.78, 5) is 31.6. The van der Waals surface area contributed by atoms with Crippen LogP contribution in [-0.2, 0) is 16.0 Å². The van der Waals surface area contributed by atoms with Gasteiger partial charge in [-0.3, -0.25) is 14.5 Å². The van der Waals surface area contributed by atoms with Gasteiger partial charge < -0.3 is 9.80 Å². The molecule has 1 aromatic carbocycles. The number of carbonyl (C=O) groups is 2. The molecule has 4 rings (SSSR count). The van der Waals surface area contributed by atoms with Gasteiger partial charge in [0.15, 0.2) is 0 Å². The van der Waals surface area contributed by atoms with E-state index in [1.807, 2.05) is 17.0 Å². The van der Waals surface area contributed by atoms with Crippen molar-refractivity contribution < 1.29 is 9.59 Å². The van der Waals surface area contributed by atoms with E-state index in [2.05, 4.69) is 11.0 Å². The number of likely N-dealkylation sites (tertiary alicyclic amines) is 1. The van der Waals surface area contributed by atoms with Crippen LogP contribution >= 0.6 is 0 Å². The predicted molar refractivity (Wildman–Crippen MR) is 105 cm³/mol. The average molecular weight is 380 g/mol. The lowest BCUT2D eigenvalue weighted by atomic mass is 9.91. The van der Waals surface area contributed by atoms with Crippen molar-refractivity contribution in [3.63, 3.8) is 0 Å². The van der Waals surface area contributed by atoms with Gasteiger partial charge in [0.1, 0.15) is 0 Å². The van der Waals surface area contributed by atoms with Gasteiger partial charge in [-0.1, -0.05) is 18.6 Å². The van der Waals surface area contributed by atoms with Crippen LogP contribution in [0.25, 0.3) is 0 Å². The highest BCUT2D eigenvalue weighted by Crippen LogP contribution is 2.26. The summed E-state index contributed by atoms with van der Waals surface area (Å²) in [5.74, 6) is 0.235. The Labute approximate surface area is 166 Å². The van der Waals surface area contributed by atoms with Gasteiger partial charge in [0, 0.05) is 45.3 Å². The van der Waals surface area contributed by atoms with E-state index in [4.69, 9.17) is 5.26 Å². The number of hydrogen-bond donors (Lipinski definition) is 0. The second kappa shape index (κ2) is 8.32. The summed E-state index contributed by atoms with van der Waals surface area (Å²) >= 11 is 0. The molecule has 0 N–H and O–H groups in total. The number of nitriles is 1. The molecule has 0 radical (unpaired) electrons. The highest BCUT2D eigenvalue weighted by Gasteiger charge is 2.38. The SMILES string of the molecule is N#Cc1ccc(CC(=O)N2CC(C(=O)N3CCCN(C4CCC4)CC3)C2)cc1. The van der Waals surface area contributed by atoms with Gasteiger partial charge in [0.05, 0.1) is 24.0 Å². The van der Waals surface area contributed by atoms with E-state index in [1.54, 1.807) is 17.0 Å². The van der Waals surface area contributed by atoms with Crippen LogP contribution in [0.1, 0.15) is 36.8 Å². The molecule has 1 aromatic rings. The highest BCUT2D eigenvalue weighted by molar-refractivity contribution is 5.85. The first-order chi connectivity index (χ1) is 13.6. The number of carbonyl (C=O) groups excluding carboxylic acids is 2. The van der Waals surface area contributed by atoms with Gasteiger partial charge in [-0.25, -0.2) is 0 Å². The molecule has 2 amide bonds. The zero-order valence-electron chi connectivity index (χ0n) is 16.3. The molecule has 0 aromatic heterocycles. The molecular weight excluding hydrogens is 352 g/mol. The van der Waals surface area contributed by atoms with Crippen molar-refractivity contribution >= 4 is 11.8 Å². The van der Waals surface area contributed by atoms with E-state index in [0.29, 0.717) is 25.1 Å². The van der Waals surface area contributed by atoms with Crippen molar-refractivity contribution in [3.05, 3.63) is 35.4 Å². The molecule has 1 aliphatic carbocycles. The van der Waals surface area contributed by atoms with Crippen LogP contribution in [0.15, 0.2) is 24.3 Å². The minimum Gasteiger partial charge on any atom is -0.341 e. The number of hydrogen-bond acceptors (Lipinski definition) is 4. The molecule has 6 nitrogen and oxygen atoms in total. The Morgan fingerprint density at radius 1 is 0.964 bits per heavy atom. The molecule has 1 saturated carbocycles. The summed E-state index contributed by atoms with van der Waals surface area (Å²) in [5.41, 5.74) is 1.50. The largest absolute Gasteiger partial charge is 0.341 e. The van der Waals surface area contributed by atoms with Crippen molar-refractivity contribution in [1.29, 1.82) is 5.26 Å². The van der Waals surface area contributed by atoms with Crippen LogP contribution in [0.5, 0.6) is 0 Å². The third-order valence-electron chi connectivity index (χ3n) is 6.46. The van der Waals surface area contributed by atoms with E-state index in [0.717, 1.165) is 44.2 Å². The Balaban J connectivity index is 1.23. The van der Waals surface area contributed by atoms with Gasteiger partial charge in [-0.2, -0.15) is 5.26 Å². The monoisotopic (exact) mass is 380 g/mol. The Hall–Kier alpha value is -2.39. The molecule has 6 heteroatoms. The normalized spacial score (nSPS) is 21.4. The number of amides is 2. The molecule has 0 spiro atoms. The molecule has 2 saturated heterocycles. The van der Waals surface area contributed by atoms with E-state index < -0.39 is 0 Å². The van der Waals surface area contributed by atoms with Gasteiger partial charge in [0.25, 0.3) is 0 Å². The van der Waals surface area contributed by atoms with Gasteiger partial charge in [-0.15, -0.1) is 0 Å². The minimum absolute atomic E-state index is 0.0415. The van der Waals surface area contributed by atoms with E-state index in [1.165, 1.54) is 19.3 Å². The second-order valence-electron chi connectivity index (χ2n) is 8.28. The maximum atomic E-state index is 12.8. The molecule has 148 valence electrons. The van der Waals surface area contributed by atoms with Crippen molar-refractivity contribution in [1.82, 2.24) is 14.7 Å². The molecule has 0 bridgehead atoms. The fraction of sp³-hybridized carbons (Fsp3) is 0.591. The maximum absolute atomic E-state index is 12.8. The lowest BCUT2D eigenvalue weighted by molar-refractivity contribution is -0.148. The Bertz CT molecular complexity index is 760. The first-order valence-corrected chi connectivity index (χ1v) is 10.4. The number of rotatable bonds is 4. The van der Waals surface area contributed by atoms with Gasteiger partial charge in [0.2, 0.25) is 11.8 Å². The lowest BCUT2D eigenvalue weighted by Crippen LogP contribution is -2.57. The van der Waals surface area contributed by atoms with Crippen molar-refractivity contribution in [2.75, 3.05) is 39.3 Å². The van der Waals surface area contributed by atoms with Crippen LogP contribution in [0.4, 0.5) is 0 Å². The topological polar surface area (TPSA) is 67.6 Å². The molecule has 2 aliphatic heterocycles. The third-order valence-corrected chi connectivity index (χ3v) is 6.46. The fourth-order valence-corrected chi connectivity index (χ4v) is 4.35. The zero-order chi connectivity index (χ0) is 19.5. The van der Waals surface area contributed by atoms with E-state index >= 15 is 0 Å². The quantitative estimate of drug-likeness (QED) is 0.797. The summed E-state index contributed by atoms with van der Waals surface area (Å²) in [5, 5.41) is 8.85. The molecule has 0 unspecified atom stereocenters. The number of benzene rings is 1. The summed E-state index contributed by atoms with van der Waals surface area (Å²) < 4.78 is 0. The second-order valence-corrected chi connectivity index (χ2v) is 8.28. The van der Waals surface area contributed by atoms with Crippen LogP contribution in [0, 0.1) is 17.2 Å². The third kappa shape index (κ3) is 4.05. The average Bonchev–Trinajstić information content (AvgIpc) is 2.86. The smallest absolute Gasteiger partial charge is 0.229 e. The standard InChI is InChI=1S/C22H28N4O2/c23-14-18-7-5-17(6-8-18)13-21(27)26-15-19(16-26)22(28)25-10-2-9-24(11-12-25)20-3-1-4-20/h5-8,19-20H,1-4,9-13,15-16H2. The number of nitrogens with zero attached hydrogens (tertiary/aromatic N) is 4. The Kier molecular flexibility index (Phi) is 5.63. The minimum atomic E-state index is -0.0415. The van der Waals surface area contributed by atoms with Crippen LogP contribution in [-0.4, -0.2) is 71.8 Å². The van der Waals surface area contributed by atoms with Crippen molar-refractivity contribution in [3.8, 4) is 6.07 Å². The molecule has 28 heavy (non-hydrogen) atoms. The summed E-state index contributed by atoms with van der Waals surface area (Å²) in [6.07, 6.45) is 5.35. The zero-order valence-corrected chi connectivity index (χ0v) is 16.3. The van der Waals surface area contributed by atoms with Crippen molar-refractivity contribution in [2.45, 2.75) is 38.1 Å². The first kappa shape index (κ1) is 18.9. The van der Waals surface area contributed by atoms with Crippen LogP contribution in [0.2, 0.25) is 0 Å². The first-order valence-electron chi connectivity index (χ1n) is 10.4. The van der Waals surface area contributed by atoms with Crippen LogP contribution < -0.4 is 0 Å². The summed E-state index contributed by atoms with van der Waals surface area (Å²) in [6, 6.07) is 9.94. The Morgan fingerprint density at radius 3 is 2.36 bits per heavy atom. The van der Waals surface area contributed by atoms with Crippen molar-refractivity contribution in [2.24, 2.45) is 5.92 Å². The Morgan fingerprint density at radius 2 is 1.71 bits per heavy atom. The van der Waals surface area contributed by atoms with E-state index in [9.17, 15) is 9.59 Å². The summed E-state index contributed by atoms with van der Waals surface area (Å²) in [6.45, 7) is 4.84. The molecule has 3 aliphatic rings. The highest BCUT2D eigenvalue weighted by atomic mass is 16.2. The molecule has 0 atom stereocenters. The fourth-order valence-electron chi connectivity index (χ4n) is 4.35. The van der Waals surface area contributed by atoms with Gasteiger partial charge in [-0.05, 0) is 37.0 Å².